The summed E-state index contributed by atoms with van der Waals surface area (Å²) in [4.78, 5) is 11.1. The van der Waals surface area contributed by atoms with E-state index in [1.165, 1.54) is 25.1 Å². The van der Waals surface area contributed by atoms with Gasteiger partial charge in [0.15, 0.2) is 0 Å². The van der Waals surface area contributed by atoms with Crippen LogP contribution in [0.15, 0.2) is 29.2 Å². The summed E-state index contributed by atoms with van der Waals surface area (Å²) in [6.45, 7) is 1.32. The van der Waals surface area contributed by atoms with E-state index in [-0.39, 0.29) is 23.7 Å². The molecule has 0 spiro atoms. The molecule has 2 N–H and O–H groups in total. The van der Waals surface area contributed by atoms with Crippen molar-refractivity contribution in [1.29, 1.82) is 5.26 Å². The standard InChI is InChI=1S/C13H14N2O5S/c1-13(12(16)17)8-20-7-11(13)15-21(18,19)10-5-3-2-4-9(10)6-14/h2-5,11,15H,7-8H2,1H3,(H,16,17). The Balaban J connectivity index is 2.35. The average molecular weight is 310 g/mol. The molecule has 1 aliphatic rings. The largest absolute Gasteiger partial charge is 0.481 e. The maximum absolute atomic E-state index is 12.4. The van der Waals surface area contributed by atoms with Crippen molar-refractivity contribution in [2.75, 3.05) is 13.2 Å². The van der Waals surface area contributed by atoms with Crippen molar-refractivity contribution in [3.05, 3.63) is 29.8 Å². The number of rotatable bonds is 4. The van der Waals surface area contributed by atoms with Crippen molar-refractivity contribution in [3.63, 3.8) is 0 Å². The van der Waals surface area contributed by atoms with Gasteiger partial charge in [0.05, 0.1) is 29.7 Å². The van der Waals surface area contributed by atoms with Gasteiger partial charge in [0, 0.05) is 0 Å². The molecule has 0 bridgehead atoms. The highest BCUT2D eigenvalue weighted by Gasteiger charge is 2.48. The molecule has 8 heteroatoms. The molecule has 1 aromatic carbocycles. The minimum Gasteiger partial charge on any atom is -0.481 e. The molecule has 1 heterocycles. The number of aliphatic carboxylic acids is 1. The fourth-order valence-corrected chi connectivity index (χ4v) is 3.58. The smallest absolute Gasteiger partial charge is 0.313 e. The van der Waals surface area contributed by atoms with E-state index in [0.717, 1.165) is 0 Å². The number of nitriles is 1. The Hall–Kier alpha value is -1.95. The summed E-state index contributed by atoms with van der Waals surface area (Å²) in [5.74, 6) is -1.14. The number of carboxylic acid groups (broad SMARTS) is 1. The Labute approximate surface area is 122 Å². The van der Waals surface area contributed by atoms with E-state index in [0.29, 0.717) is 0 Å². The van der Waals surface area contributed by atoms with Gasteiger partial charge < -0.3 is 9.84 Å². The molecule has 0 saturated carbocycles. The first-order chi connectivity index (χ1) is 9.81. The number of hydrogen-bond donors (Lipinski definition) is 2. The van der Waals surface area contributed by atoms with Crippen LogP contribution in [0, 0.1) is 16.7 Å². The quantitative estimate of drug-likeness (QED) is 0.827. The van der Waals surface area contributed by atoms with E-state index in [1.807, 2.05) is 0 Å². The number of hydrogen-bond acceptors (Lipinski definition) is 5. The predicted molar refractivity (Wildman–Crippen MR) is 71.8 cm³/mol. The highest BCUT2D eigenvalue weighted by atomic mass is 32.2. The van der Waals surface area contributed by atoms with Gasteiger partial charge >= 0.3 is 5.97 Å². The molecule has 2 unspecified atom stereocenters. The first kappa shape index (κ1) is 15.4. The SMILES string of the molecule is CC1(C(=O)O)COCC1NS(=O)(=O)c1ccccc1C#N. The van der Waals surface area contributed by atoms with Gasteiger partial charge in [-0.15, -0.1) is 0 Å². The number of sulfonamides is 1. The number of carboxylic acids is 1. The van der Waals surface area contributed by atoms with E-state index in [4.69, 9.17) is 10.00 Å². The van der Waals surface area contributed by atoms with Gasteiger partial charge in [0.2, 0.25) is 10.0 Å². The van der Waals surface area contributed by atoms with Gasteiger partial charge in [0.25, 0.3) is 0 Å². The third kappa shape index (κ3) is 2.76. The lowest BCUT2D eigenvalue weighted by atomic mass is 9.86. The third-order valence-electron chi connectivity index (χ3n) is 3.54. The van der Waals surface area contributed by atoms with E-state index in [1.54, 1.807) is 12.1 Å². The molecule has 0 radical (unpaired) electrons. The van der Waals surface area contributed by atoms with Crippen LogP contribution in [-0.2, 0) is 19.6 Å². The number of nitrogens with zero attached hydrogens (tertiary/aromatic N) is 1. The van der Waals surface area contributed by atoms with Gasteiger partial charge in [-0.2, -0.15) is 5.26 Å². The van der Waals surface area contributed by atoms with Crippen LogP contribution in [0.25, 0.3) is 0 Å². The van der Waals surface area contributed by atoms with Crippen LogP contribution in [0.3, 0.4) is 0 Å². The van der Waals surface area contributed by atoms with Gasteiger partial charge in [-0.1, -0.05) is 12.1 Å². The van der Waals surface area contributed by atoms with E-state index >= 15 is 0 Å². The zero-order valence-corrected chi connectivity index (χ0v) is 12.1. The number of ether oxygens (including phenoxy) is 1. The highest BCUT2D eigenvalue weighted by molar-refractivity contribution is 7.89. The number of benzene rings is 1. The molecule has 1 fully saturated rings. The maximum atomic E-state index is 12.4. The lowest BCUT2D eigenvalue weighted by molar-refractivity contribution is -0.148. The Morgan fingerprint density at radius 2 is 2.19 bits per heavy atom. The predicted octanol–water partition coefficient (Wildman–Crippen LogP) is 0.326. The lowest BCUT2D eigenvalue weighted by Crippen LogP contribution is -2.49. The second kappa shape index (κ2) is 5.44. The summed E-state index contributed by atoms with van der Waals surface area (Å²) in [5.41, 5.74) is -1.34. The summed E-state index contributed by atoms with van der Waals surface area (Å²) in [6.07, 6.45) is 0. The van der Waals surface area contributed by atoms with Crippen molar-refractivity contribution in [3.8, 4) is 6.07 Å². The molecule has 0 aromatic heterocycles. The molecular weight excluding hydrogens is 296 g/mol. The molecule has 0 aliphatic carbocycles. The summed E-state index contributed by atoms with van der Waals surface area (Å²) in [7, 11) is -4.01. The third-order valence-corrected chi connectivity index (χ3v) is 5.07. The normalized spacial score (nSPS) is 25.4. The van der Waals surface area contributed by atoms with Crippen LogP contribution in [0.5, 0.6) is 0 Å². The lowest BCUT2D eigenvalue weighted by Gasteiger charge is -2.25. The zero-order chi connectivity index (χ0) is 15.7. The van der Waals surface area contributed by atoms with Gasteiger partial charge in [-0.05, 0) is 19.1 Å². The summed E-state index contributed by atoms with van der Waals surface area (Å²) >= 11 is 0. The van der Waals surface area contributed by atoms with E-state index < -0.39 is 27.4 Å². The Kier molecular flexibility index (Phi) is 4.00. The van der Waals surface area contributed by atoms with Gasteiger partial charge in [-0.25, -0.2) is 13.1 Å². The molecule has 7 nitrogen and oxygen atoms in total. The molecule has 21 heavy (non-hydrogen) atoms. The summed E-state index contributed by atoms with van der Waals surface area (Å²) < 4.78 is 32.2. The van der Waals surface area contributed by atoms with Crippen LogP contribution in [0.2, 0.25) is 0 Å². The van der Waals surface area contributed by atoms with E-state index in [2.05, 4.69) is 4.72 Å². The zero-order valence-electron chi connectivity index (χ0n) is 11.2. The van der Waals surface area contributed by atoms with Crippen molar-refractivity contribution in [2.45, 2.75) is 17.9 Å². The molecule has 2 atom stereocenters. The molecular formula is C13H14N2O5S. The monoisotopic (exact) mass is 310 g/mol. The van der Waals surface area contributed by atoms with Crippen LogP contribution < -0.4 is 4.72 Å². The van der Waals surface area contributed by atoms with Crippen LogP contribution >= 0.6 is 0 Å². The average Bonchev–Trinajstić information content (AvgIpc) is 2.81. The molecule has 2 rings (SSSR count). The Morgan fingerprint density at radius 1 is 1.52 bits per heavy atom. The summed E-state index contributed by atoms with van der Waals surface area (Å²) in [6, 6.07) is 6.64. The first-order valence-electron chi connectivity index (χ1n) is 6.14. The number of nitrogens with one attached hydrogen (secondary N) is 1. The maximum Gasteiger partial charge on any atom is 0.313 e. The van der Waals surface area contributed by atoms with Gasteiger partial charge in [0.1, 0.15) is 11.5 Å². The second-order valence-corrected chi connectivity index (χ2v) is 6.70. The molecule has 1 aliphatic heterocycles. The first-order valence-corrected chi connectivity index (χ1v) is 7.62. The van der Waals surface area contributed by atoms with Crippen LogP contribution in [-0.4, -0.2) is 38.7 Å². The number of carbonyl (C=O) groups is 1. The van der Waals surface area contributed by atoms with E-state index in [9.17, 15) is 18.3 Å². The Bertz CT molecular complexity index is 710. The highest BCUT2D eigenvalue weighted by Crippen LogP contribution is 2.30. The molecule has 1 aromatic rings. The molecule has 112 valence electrons. The van der Waals surface area contributed by atoms with Crippen LogP contribution in [0.4, 0.5) is 0 Å². The van der Waals surface area contributed by atoms with Crippen molar-refractivity contribution >= 4 is 16.0 Å². The van der Waals surface area contributed by atoms with Crippen LogP contribution in [0.1, 0.15) is 12.5 Å². The van der Waals surface area contributed by atoms with Crippen molar-refractivity contribution in [1.82, 2.24) is 4.72 Å². The summed E-state index contributed by atoms with van der Waals surface area (Å²) in [5, 5.41) is 18.2. The molecule has 1 saturated heterocycles. The van der Waals surface area contributed by atoms with Gasteiger partial charge in [-0.3, -0.25) is 4.79 Å². The topological polar surface area (TPSA) is 116 Å². The minimum absolute atomic E-state index is 0.000873. The minimum atomic E-state index is -4.01. The fraction of sp³-hybridized carbons (Fsp3) is 0.385. The fourth-order valence-electron chi connectivity index (χ4n) is 2.09. The Morgan fingerprint density at radius 3 is 2.81 bits per heavy atom. The molecule has 0 amide bonds. The van der Waals surface area contributed by atoms with Crippen molar-refractivity contribution in [2.24, 2.45) is 5.41 Å². The van der Waals surface area contributed by atoms with Crippen molar-refractivity contribution < 1.29 is 23.1 Å². The second-order valence-electron chi connectivity index (χ2n) is 5.02.